The fourth-order valence-electron chi connectivity index (χ4n) is 7.95. The van der Waals surface area contributed by atoms with Gasteiger partial charge in [-0.05, 0) is 72.7 Å². The molecular weight excluding hydrogens is 516 g/mol. The van der Waals surface area contributed by atoms with Crippen LogP contribution in [0.4, 0.5) is 0 Å². The van der Waals surface area contributed by atoms with E-state index in [2.05, 4.69) is 29.3 Å². The Bertz CT molecular complexity index is 1480. The van der Waals surface area contributed by atoms with Crippen LogP contribution >= 0.6 is 0 Å². The van der Waals surface area contributed by atoms with Crippen molar-refractivity contribution in [3.63, 3.8) is 0 Å². The predicted molar refractivity (Wildman–Crippen MR) is 161 cm³/mol. The number of sulfone groups is 1. The zero-order valence-electron chi connectivity index (χ0n) is 23.7. The molecule has 1 fully saturated rings. The van der Waals surface area contributed by atoms with Crippen molar-refractivity contribution in [1.82, 2.24) is 10.2 Å². The highest BCUT2D eigenvalue weighted by atomic mass is 32.2. The first-order valence-electron chi connectivity index (χ1n) is 15.0. The fraction of sp³-hybridized carbons (Fsp3) is 0.441. The monoisotopic (exact) mass is 556 g/mol. The van der Waals surface area contributed by atoms with Crippen LogP contribution in [0.3, 0.4) is 0 Å². The van der Waals surface area contributed by atoms with Gasteiger partial charge in [-0.1, -0.05) is 99.8 Å². The number of nitrogens with one attached hydrogen (secondary N) is 1. The zero-order valence-corrected chi connectivity index (χ0v) is 24.5. The van der Waals surface area contributed by atoms with Crippen molar-refractivity contribution in [2.45, 2.75) is 75.1 Å². The molecule has 0 bridgehead atoms. The van der Waals surface area contributed by atoms with Crippen molar-refractivity contribution in [2.75, 3.05) is 18.8 Å². The number of carbonyl (C=O) groups is 1. The van der Waals surface area contributed by atoms with Crippen LogP contribution in [0.15, 0.2) is 72.8 Å². The third kappa shape index (κ3) is 3.61. The van der Waals surface area contributed by atoms with Crippen LogP contribution in [0.1, 0.15) is 85.8 Å². The van der Waals surface area contributed by atoms with Crippen molar-refractivity contribution in [1.29, 1.82) is 0 Å². The van der Waals surface area contributed by atoms with Gasteiger partial charge in [0.25, 0.3) is 5.91 Å². The zero-order chi connectivity index (χ0) is 28.0. The standard InChI is InChI=1S/C34H40N2O3S/c1-3-5-21-33(29-16-10-9-15-28(29)32(37)36(33)25-19-22-35-23-20-25)34(40(38,39)24-6-4-2)30-17-11-7-13-26(30)27-14-8-12-18-31(27)34/h7-18,25,35H,3-6,19-24H2,1-2H3. The molecule has 2 heterocycles. The summed E-state index contributed by atoms with van der Waals surface area (Å²) in [6.45, 7) is 5.83. The summed E-state index contributed by atoms with van der Waals surface area (Å²) in [6.07, 6.45) is 5.30. The summed E-state index contributed by atoms with van der Waals surface area (Å²) in [5.41, 5.74) is 4.06. The smallest absolute Gasteiger partial charge is 0.255 e. The first-order valence-corrected chi connectivity index (χ1v) is 16.7. The van der Waals surface area contributed by atoms with Gasteiger partial charge in [0, 0.05) is 11.6 Å². The molecule has 1 atom stereocenters. The molecule has 1 unspecified atom stereocenters. The molecule has 1 N–H and O–H groups in total. The molecule has 3 aromatic rings. The van der Waals surface area contributed by atoms with Crippen molar-refractivity contribution in [3.8, 4) is 11.1 Å². The van der Waals surface area contributed by atoms with E-state index in [9.17, 15) is 4.79 Å². The molecule has 0 spiro atoms. The van der Waals surface area contributed by atoms with Gasteiger partial charge in [-0.25, -0.2) is 8.42 Å². The minimum Gasteiger partial charge on any atom is -0.323 e. The summed E-state index contributed by atoms with van der Waals surface area (Å²) in [6, 6.07) is 24.0. The van der Waals surface area contributed by atoms with Gasteiger partial charge >= 0.3 is 0 Å². The van der Waals surface area contributed by atoms with Gasteiger partial charge in [-0.2, -0.15) is 0 Å². The number of hydrogen-bond donors (Lipinski definition) is 1. The Hall–Kier alpha value is -2.96. The minimum atomic E-state index is -3.83. The number of amides is 1. The summed E-state index contributed by atoms with van der Waals surface area (Å²) < 4.78 is 29.4. The van der Waals surface area contributed by atoms with Crippen molar-refractivity contribution >= 4 is 15.7 Å². The molecule has 6 rings (SSSR count). The normalized spacial score (nSPS) is 21.8. The van der Waals surface area contributed by atoms with Crippen molar-refractivity contribution < 1.29 is 13.2 Å². The lowest BCUT2D eigenvalue weighted by atomic mass is 9.68. The van der Waals surface area contributed by atoms with E-state index in [0.717, 1.165) is 73.0 Å². The lowest BCUT2D eigenvalue weighted by Crippen LogP contribution is -2.65. The lowest BCUT2D eigenvalue weighted by Gasteiger charge is -2.55. The Morgan fingerprint density at radius 3 is 1.88 bits per heavy atom. The topological polar surface area (TPSA) is 66.5 Å². The summed E-state index contributed by atoms with van der Waals surface area (Å²) in [4.78, 5) is 16.7. The number of carbonyl (C=O) groups excluding carboxylic acids is 1. The number of rotatable bonds is 9. The lowest BCUT2D eigenvalue weighted by molar-refractivity contribution is 0.0127. The van der Waals surface area contributed by atoms with Gasteiger partial charge in [-0.3, -0.25) is 4.79 Å². The summed E-state index contributed by atoms with van der Waals surface area (Å²) >= 11 is 0. The van der Waals surface area contributed by atoms with E-state index in [4.69, 9.17) is 0 Å². The maximum absolute atomic E-state index is 15.4. The molecule has 2 aliphatic heterocycles. The van der Waals surface area contributed by atoms with E-state index in [1.54, 1.807) is 0 Å². The number of hydrogen-bond acceptors (Lipinski definition) is 4. The first-order chi connectivity index (χ1) is 19.5. The fourth-order valence-corrected chi connectivity index (χ4v) is 10.8. The molecule has 6 heteroatoms. The van der Waals surface area contributed by atoms with Gasteiger partial charge in [0.05, 0.1) is 11.3 Å². The third-order valence-corrected chi connectivity index (χ3v) is 12.1. The molecule has 0 saturated carbocycles. The van der Waals surface area contributed by atoms with Crippen LogP contribution in [0, 0.1) is 0 Å². The van der Waals surface area contributed by atoms with Crippen LogP contribution in [0.25, 0.3) is 11.1 Å². The maximum atomic E-state index is 15.4. The van der Waals surface area contributed by atoms with E-state index in [-0.39, 0.29) is 17.7 Å². The second kappa shape index (κ2) is 10.5. The van der Waals surface area contributed by atoms with Crippen LogP contribution in [-0.4, -0.2) is 44.1 Å². The van der Waals surface area contributed by atoms with E-state index < -0.39 is 20.1 Å². The Balaban J connectivity index is 1.80. The molecular formula is C34H40N2O3S. The van der Waals surface area contributed by atoms with E-state index in [0.29, 0.717) is 18.4 Å². The van der Waals surface area contributed by atoms with Crippen molar-refractivity contribution in [2.24, 2.45) is 0 Å². The third-order valence-electron chi connectivity index (χ3n) is 9.52. The van der Waals surface area contributed by atoms with E-state index in [1.165, 1.54) is 0 Å². The van der Waals surface area contributed by atoms with Crippen LogP contribution < -0.4 is 5.32 Å². The van der Waals surface area contributed by atoms with Crippen LogP contribution in [0.5, 0.6) is 0 Å². The highest BCUT2D eigenvalue weighted by Crippen LogP contribution is 2.66. The molecule has 40 heavy (non-hydrogen) atoms. The van der Waals surface area contributed by atoms with E-state index >= 15 is 8.42 Å². The molecule has 5 nitrogen and oxygen atoms in total. The highest BCUT2D eigenvalue weighted by molar-refractivity contribution is 7.92. The molecule has 0 aromatic heterocycles. The quantitative estimate of drug-likeness (QED) is 0.330. The highest BCUT2D eigenvalue weighted by Gasteiger charge is 2.71. The van der Waals surface area contributed by atoms with E-state index in [1.807, 2.05) is 67.6 Å². The Kier molecular flexibility index (Phi) is 7.12. The second-order valence-corrected chi connectivity index (χ2v) is 13.9. The van der Waals surface area contributed by atoms with Gasteiger partial charge in [-0.15, -0.1) is 0 Å². The summed E-state index contributed by atoms with van der Waals surface area (Å²) in [5.74, 6) is 0.0572. The van der Waals surface area contributed by atoms with Gasteiger partial charge in [0.1, 0.15) is 0 Å². The second-order valence-electron chi connectivity index (χ2n) is 11.6. The average molecular weight is 557 g/mol. The summed E-state index contributed by atoms with van der Waals surface area (Å²) in [5, 5.41) is 3.46. The average Bonchev–Trinajstić information content (AvgIpc) is 3.44. The molecule has 3 aliphatic rings. The predicted octanol–water partition coefficient (Wildman–Crippen LogP) is 6.42. The number of benzene rings is 3. The molecule has 210 valence electrons. The van der Waals surface area contributed by atoms with Gasteiger partial charge in [0.15, 0.2) is 14.6 Å². The SMILES string of the molecule is CCCCC1(C2(S(=O)(=O)CCCC)c3ccccc3-c3ccccc32)c2ccccc2C(=O)N1C1CCNCC1. The number of nitrogens with zero attached hydrogens (tertiary/aromatic N) is 1. The summed E-state index contributed by atoms with van der Waals surface area (Å²) in [7, 11) is -3.83. The number of unbranched alkanes of at least 4 members (excludes halogenated alkanes) is 2. The molecule has 1 saturated heterocycles. The molecule has 1 amide bonds. The molecule has 3 aromatic carbocycles. The van der Waals surface area contributed by atoms with Gasteiger partial charge in [0.2, 0.25) is 0 Å². The molecule has 1 aliphatic carbocycles. The maximum Gasteiger partial charge on any atom is 0.255 e. The minimum absolute atomic E-state index is 0.0227. The van der Waals surface area contributed by atoms with Crippen LogP contribution in [0.2, 0.25) is 0 Å². The Morgan fingerprint density at radius 1 is 0.775 bits per heavy atom. The first kappa shape index (κ1) is 27.2. The van der Waals surface area contributed by atoms with Crippen molar-refractivity contribution in [3.05, 3.63) is 95.1 Å². The number of piperidine rings is 1. The Morgan fingerprint density at radius 2 is 1.30 bits per heavy atom. The van der Waals surface area contributed by atoms with Gasteiger partial charge < -0.3 is 10.2 Å². The molecule has 0 radical (unpaired) electrons. The largest absolute Gasteiger partial charge is 0.323 e. The number of fused-ring (bicyclic) bond motifs is 4. The van der Waals surface area contributed by atoms with Crippen LogP contribution in [-0.2, 0) is 20.1 Å². The Labute approximate surface area is 238 Å².